The van der Waals surface area contributed by atoms with Gasteiger partial charge in [-0.25, -0.2) is 5.43 Å². The number of benzene rings is 3. The molecule has 0 saturated carbocycles. The zero-order valence-electron chi connectivity index (χ0n) is 13.7. The summed E-state index contributed by atoms with van der Waals surface area (Å²) >= 11 is 15.2. The minimum absolute atomic E-state index is 0.0970. The number of halogens is 3. The number of fused-ring (bicyclic) bond motifs is 1. The summed E-state index contributed by atoms with van der Waals surface area (Å²) in [6, 6.07) is 14.4. The third kappa shape index (κ3) is 4.71. The van der Waals surface area contributed by atoms with Crippen LogP contribution in [0, 0.1) is 0 Å². The van der Waals surface area contributed by atoms with Gasteiger partial charge in [0.15, 0.2) is 6.61 Å². The number of carbonyl (C=O) groups is 1. The van der Waals surface area contributed by atoms with E-state index in [9.17, 15) is 9.90 Å². The Bertz CT molecular complexity index is 1040. The van der Waals surface area contributed by atoms with E-state index in [1.54, 1.807) is 6.07 Å². The molecule has 0 aromatic heterocycles. The van der Waals surface area contributed by atoms with Crippen LogP contribution in [-0.4, -0.2) is 23.8 Å². The van der Waals surface area contributed by atoms with Crippen molar-refractivity contribution in [2.24, 2.45) is 5.10 Å². The van der Waals surface area contributed by atoms with Crippen molar-refractivity contribution in [1.29, 1.82) is 0 Å². The van der Waals surface area contributed by atoms with Crippen molar-refractivity contribution < 1.29 is 14.6 Å². The van der Waals surface area contributed by atoms with Crippen molar-refractivity contribution in [2.45, 2.75) is 0 Å². The topological polar surface area (TPSA) is 70.9 Å². The number of hydrazone groups is 1. The highest BCUT2D eigenvalue weighted by Crippen LogP contribution is 2.33. The van der Waals surface area contributed by atoms with Gasteiger partial charge < -0.3 is 9.84 Å². The second kappa shape index (κ2) is 8.61. The maximum Gasteiger partial charge on any atom is 0.277 e. The molecule has 0 radical (unpaired) electrons. The van der Waals surface area contributed by atoms with Crippen LogP contribution in [0.5, 0.6) is 11.5 Å². The van der Waals surface area contributed by atoms with Gasteiger partial charge in [-0.1, -0.05) is 53.5 Å². The highest BCUT2D eigenvalue weighted by atomic mass is 79.9. The Kier molecular flexibility index (Phi) is 6.21. The Balaban J connectivity index is 1.61. The van der Waals surface area contributed by atoms with Crippen molar-refractivity contribution in [2.75, 3.05) is 6.61 Å². The predicted molar refractivity (Wildman–Crippen MR) is 111 cm³/mol. The minimum atomic E-state index is -0.459. The molecule has 138 valence electrons. The van der Waals surface area contributed by atoms with Crippen LogP contribution in [0.25, 0.3) is 10.8 Å². The molecule has 0 aliphatic rings. The maximum absolute atomic E-state index is 11.9. The third-order valence-electron chi connectivity index (χ3n) is 3.64. The van der Waals surface area contributed by atoms with Crippen molar-refractivity contribution >= 4 is 62.0 Å². The molecule has 3 rings (SSSR count). The summed E-state index contributed by atoms with van der Waals surface area (Å²) in [7, 11) is 0. The standard InChI is InChI=1S/C19H13BrCl2N2O3/c20-18-14-4-2-1-3-11(14)5-6-16(18)27-10-17(25)24-23-9-12-7-13(21)8-15(22)19(12)26/h1-9,26H,10H2,(H,24,25)/b23-9+. The molecule has 27 heavy (non-hydrogen) atoms. The van der Waals surface area contributed by atoms with E-state index in [-0.39, 0.29) is 22.9 Å². The zero-order chi connectivity index (χ0) is 19.4. The maximum atomic E-state index is 11.9. The number of ether oxygens (including phenoxy) is 1. The molecule has 0 heterocycles. The van der Waals surface area contributed by atoms with Gasteiger partial charge in [-0.3, -0.25) is 4.79 Å². The first-order valence-electron chi connectivity index (χ1n) is 7.75. The Hall–Kier alpha value is -2.28. The van der Waals surface area contributed by atoms with Gasteiger partial charge in [-0.05, 0) is 44.9 Å². The lowest BCUT2D eigenvalue weighted by Gasteiger charge is -2.09. The molecule has 0 atom stereocenters. The smallest absolute Gasteiger partial charge is 0.277 e. The van der Waals surface area contributed by atoms with Gasteiger partial charge >= 0.3 is 0 Å². The number of aromatic hydroxyl groups is 1. The van der Waals surface area contributed by atoms with Crippen molar-refractivity contribution in [3.8, 4) is 11.5 Å². The van der Waals surface area contributed by atoms with E-state index >= 15 is 0 Å². The van der Waals surface area contributed by atoms with Crippen LogP contribution in [0.1, 0.15) is 5.56 Å². The number of rotatable bonds is 5. The number of carbonyl (C=O) groups excluding carboxylic acids is 1. The molecule has 3 aromatic rings. The summed E-state index contributed by atoms with van der Waals surface area (Å²) in [4.78, 5) is 11.9. The Morgan fingerprint density at radius 3 is 2.81 bits per heavy atom. The monoisotopic (exact) mass is 466 g/mol. The molecule has 2 N–H and O–H groups in total. The molecule has 0 aliphatic carbocycles. The normalized spacial score (nSPS) is 11.1. The highest BCUT2D eigenvalue weighted by molar-refractivity contribution is 9.10. The van der Waals surface area contributed by atoms with Gasteiger partial charge in [0, 0.05) is 10.6 Å². The Morgan fingerprint density at radius 1 is 1.22 bits per heavy atom. The summed E-state index contributed by atoms with van der Waals surface area (Å²) in [5.74, 6) is -0.0820. The lowest BCUT2D eigenvalue weighted by molar-refractivity contribution is -0.123. The van der Waals surface area contributed by atoms with Gasteiger partial charge in [-0.2, -0.15) is 5.10 Å². The van der Waals surface area contributed by atoms with Crippen molar-refractivity contribution in [3.05, 3.63) is 68.6 Å². The molecule has 0 saturated heterocycles. The van der Waals surface area contributed by atoms with Crippen LogP contribution in [0.2, 0.25) is 10.0 Å². The predicted octanol–water partition coefficient (Wildman–Crippen LogP) is 5.14. The fourth-order valence-electron chi connectivity index (χ4n) is 2.36. The van der Waals surface area contributed by atoms with E-state index in [0.717, 1.165) is 15.2 Å². The van der Waals surface area contributed by atoms with Crippen LogP contribution in [-0.2, 0) is 4.79 Å². The first-order valence-corrected chi connectivity index (χ1v) is 9.30. The van der Waals surface area contributed by atoms with Crippen LogP contribution in [0.15, 0.2) is 58.1 Å². The summed E-state index contributed by atoms with van der Waals surface area (Å²) in [5, 5.41) is 16.1. The molecule has 0 unspecified atom stereocenters. The largest absolute Gasteiger partial charge is 0.506 e. The molecule has 0 spiro atoms. The number of nitrogens with zero attached hydrogens (tertiary/aromatic N) is 1. The molecule has 0 fully saturated rings. The Labute approximate surface area is 173 Å². The number of nitrogens with one attached hydrogen (secondary N) is 1. The van der Waals surface area contributed by atoms with Crippen molar-refractivity contribution in [1.82, 2.24) is 5.43 Å². The third-order valence-corrected chi connectivity index (χ3v) is 4.96. The summed E-state index contributed by atoms with van der Waals surface area (Å²) in [6.45, 7) is -0.226. The van der Waals surface area contributed by atoms with Gasteiger partial charge in [0.05, 0.1) is 15.7 Å². The first kappa shape index (κ1) is 19.5. The molecule has 1 amide bonds. The molecule has 8 heteroatoms. The van der Waals surface area contributed by atoms with Crippen LogP contribution < -0.4 is 10.2 Å². The molecule has 5 nitrogen and oxygen atoms in total. The lowest BCUT2D eigenvalue weighted by atomic mass is 10.1. The fourth-order valence-corrected chi connectivity index (χ4v) is 3.48. The van der Waals surface area contributed by atoms with E-state index in [4.69, 9.17) is 27.9 Å². The number of amides is 1. The molecule has 0 aliphatic heterocycles. The minimum Gasteiger partial charge on any atom is -0.506 e. The van der Waals surface area contributed by atoms with Gasteiger partial charge in [-0.15, -0.1) is 0 Å². The van der Waals surface area contributed by atoms with Crippen LogP contribution in [0.3, 0.4) is 0 Å². The quantitative estimate of drug-likeness (QED) is 0.403. The molecular formula is C19H13BrCl2N2O3. The summed E-state index contributed by atoms with van der Waals surface area (Å²) in [5.41, 5.74) is 2.60. The molecule has 3 aromatic carbocycles. The lowest BCUT2D eigenvalue weighted by Crippen LogP contribution is -2.24. The van der Waals surface area contributed by atoms with Crippen LogP contribution >= 0.6 is 39.1 Å². The second-order valence-corrected chi connectivity index (χ2v) is 7.14. The summed E-state index contributed by atoms with van der Waals surface area (Å²) in [6.07, 6.45) is 1.25. The second-order valence-electron chi connectivity index (χ2n) is 5.51. The molecular weight excluding hydrogens is 455 g/mol. The number of phenols is 1. The number of hydrogen-bond acceptors (Lipinski definition) is 4. The Morgan fingerprint density at radius 2 is 2.00 bits per heavy atom. The van der Waals surface area contributed by atoms with E-state index in [1.165, 1.54) is 18.3 Å². The van der Waals surface area contributed by atoms with Gasteiger partial charge in [0.25, 0.3) is 5.91 Å². The average Bonchev–Trinajstić information content (AvgIpc) is 2.65. The fraction of sp³-hybridized carbons (Fsp3) is 0.0526. The van der Waals surface area contributed by atoms with Crippen LogP contribution in [0.4, 0.5) is 0 Å². The number of hydrogen-bond donors (Lipinski definition) is 2. The van der Waals surface area contributed by atoms with Crippen molar-refractivity contribution in [3.63, 3.8) is 0 Å². The van der Waals surface area contributed by atoms with Gasteiger partial charge in [0.1, 0.15) is 11.5 Å². The zero-order valence-corrected chi connectivity index (χ0v) is 16.8. The summed E-state index contributed by atoms with van der Waals surface area (Å²) < 4.78 is 6.32. The molecule has 0 bridgehead atoms. The highest BCUT2D eigenvalue weighted by Gasteiger charge is 2.09. The number of phenolic OH excluding ortho intramolecular Hbond substituents is 1. The average molecular weight is 468 g/mol. The SMILES string of the molecule is O=C(COc1ccc2ccccc2c1Br)N/N=C/c1cc(Cl)cc(Cl)c1O. The van der Waals surface area contributed by atoms with E-state index in [0.29, 0.717) is 10.8 Å². The van der Waals surface area contributed by atoms with E-state index in [2.05, 4.69) is 26.5 Å². The first-order chi connectivity index (χ1) is 13.0. The van der Waals surface area contributed by atoms with E-state index < -0.39 is 5.91 Å². The van der Waals surface area contributed by atoms with E-state index in [1.807, 2.05) is 30.3 Å². The van der Waals surface area contributed by atoms with Gasteiger partial charge in [0.2, 0.25) is 0 Å².